The van der Waals surface area contributed by atoms with Crippen molar-refractivity contribution in [2.45, 2.75) is 33.1 Å². The van der Waals surface area contributed by atoms with Gasteiger partial charge in [-0.15, -0.1) is 0 Å². The summed E-state index contributed by atoms with van der Waals surface area (Å²) in [5.74, 6) is 1.07. The van der Waals surface area contributed by atoms with E-state index in [1.54, 1.807) is 36.4 Å². The third-order valence-electron chi connectivity index (χ3n) is 3.69. The van der Waals surface area contributed by atoms with E-state index in [0.29, 0.717) is 29.4 Å². The largest absolute Gasteiger partial charge is 0.507 e. The number of phenolic OH excluding ortho intramolecular Hbond substituents is 1. The van der Waals surface area contributed by atoms with Crippen LogP contribution < -0.4 is 4.74 Å². The molecule has 2 aromatic carbocycles. The Morgan fingerprint density at radius 3 is 2.48 bits per heavy atom. The van der Waals surface area contributed by atoms with Crippen LogP contribution in [0.4, 0.5) is 0 Å². The van der Waals surface area contributed by atoms with Crippen molar-refractivity contribution < 1.29 is 14.6 Å². The van der Waals surface area contributed by atoms with E-state index in [0.717, 1.165) is 12.8 Å². The van der Waals surface area contributed by atoms with Gasteiger partial charge in [0.15, 0.2) is 5.78 Å². The van der Waals surface area contributed by atoms with Crippen molar-refractivity contribution in [1.82, 2.24) is 0 Å². The molecule has 0 spiro atoms. The molecule has 3 nitrogen and oxygen atoms in total. The molecule has 0 aliphatic carbocycles. The monoisotopic (exact) mass is 312 g/mol. The molecule has 0 aliphatic heterocycles. The highest BCUT2D eigenvalue weighted by Crippen LogP contribution is 2.26. The van der Waals surface area contributed by atoms with Gasteiger partial charge in [-0.25, -0.2) is 0 Å². The first-order chi connectivity index (χ1) is 11.1. The SMILES string of the molecule is CC(C)CCCCOc1ccc(C(=O)c2ccccc2)c(O)c1. The standard InChI is InChI=1S/C20H24O3/c1-15(2)8-6-7-13-23-17-11-12-18(19(21)14-17)20(22)16-9-4-3-5-10-16/h3-5,9-12,14-15,21H,6-8,13H2,1-2H3. The Kier molecular flexibility index (Phi) is 6.21. The van der Waals surface area contributed by atoms with Gasteiger partial charge in [-0.1, -0.05) is 50.6 Å². The van der Waals surface area contributed by atoms with Crippen molar-refractivity contribution in [3.63, 3.8) is 0 Å². The molecule has 0 aliphatic rings. The van der Waals surface area contributed by atoms with E-state index in [4.69, 9.17) is 4.74 Å². The molecule has 0 atom stereocenters. The summed E-state index contributed by atoms with van der Waals surface area (Å²) >= 11 is 0. The van der Waals surface area contributed by atoms with Crippen LogP contribution in [-0.2, 0) is 0 Å². The van der Waals surface area contributed by atoms with E-state index in [9.17, 15) is 9.90 Å². The number of unbranched alkanes of at least 4 members (excludes halogenated alkanes) is 1. The Labute approximate surface area is 137 Å². The summed E-state index contributed by atoms with van der Waals surface area (Å²) in [6.45, 7) is 5.04. The van der Waals surface area contributed by atoms with Gasteiger partial charge in [-0.2, -0.15) is 0 Å². The molecule has 0 amide bonds. The molecule has 0 radical (unpaired) electrons. The quantitative estimate of drug-likeness (QED) is 0.561. The zero-order valence-corrected chi connectivity index (χ0v) is 13.8. The molecule has 23 heavy (non-hydrogen) atoms. The Balaban J connectivity index is 1.94. The normalized spacial score (nSPS) is 10.7. The van der Waals surface area contributed by atoms with Crippen LogP contribution in [0.5, 0.6) is 11.5 Å². The number of hydrogen-bond acceptors (Lipinski definition) is 3. The number of ether oxygens (including phenoxy) is 1. The molecule has 0 fully saturated rings. The van der Waals surface area contributed by atoms with E-state index >= 15 is 0 Å². The molecule has 2 aromatic rings. The summed E-state index contributed by atoms with van der Waals surface area (Å²) in [6.07, 6.45) is 3.32. The van der Waals surface area contributed by atoms with Gasteiger partial charge in [0.1, 0.15) is 11.5 Å². The molecular weight excluding hydrogens is 288 g/mol. The van der Waals surface area contributed by atoms with Gasteiger partial charge >= 0.3 is 0 Å². The van der Waals surface area contributed by atoms with Gasteiger partial charge < -0.3 is 9.84 Å². The maximum atomic E-state index is 12.3. The highest BCUT2D eigenvalue weighted by atomic mass is 16.5. The van der Waals surface area contributed by atoms with Crippen LogP contribution in [0.3, 0.4) is 0 Å². The Morgan fingerprint density at radius 2 is 1.83 bits per heavy atom. The van der Waals surface area contributed by atoms with Crippen molar-refractivity contribution in [3.8, 4) is 11.5 Å². The Morgan fingerprint density at radius 1 is 1.09 bits per heavy atom. The van der Waals surface area contributed by atoms with E-state index in [2.05, 4.69) is 13.8 Å². The third-order valence-corrected chi connectivity index (χ3v) is 3.69. The minimum absolute atomic E-state index is 0.0430. The summed E-state index contributed by atoms with van der Waals surface area (Å²) in [4.78, 5) is 12.3. The fourth-order valence-corrected chi connectivity index (χ4v) is 2.38. The molecular formula is C20H24O3. The lowest BCUT2D eigenvalue weighted by atomic mass is 10.0. The Hall–Kier alpha value is -2.29. The summed E-state index contributed by atoms with van der Waals surface area (Å²) in [5, 5.41) is 10.1. The lowest BCUT2D eigenvalue weighted by molar-refractivity contribution is 0.103. The van der Waals surface area contributed by atoms with Crippen LogP contribution in [-0.4, -0.2) is 17.5 Å². The fraction of sp³-hybridized carbons (Fsp3) is 0.350. The predicted molar refractivity (Wildman–Crippen MR) is 92.2 cm³/mol. The fourth-order valence-electron chi connectivity index (χ4n) is 2.38. The maximum absolute atomic E-state index is 12.3. The van der Waals surface area contributed by atoms with Crippen molar-refractivity contribution in [3.05, 3.63) is 59.7 Å². The molecule has 2 rings (SSSR count). The number of aromatic hydroxyl groups is 1. The number of phenols is 1. The van der Waals surface area contributed by atoms with Gasteiger partial charge in [0.25, 0.3) is 0 Å². The van der Waals surface area contributed by atoms with Crippen LogP contribution in [0, 0.1) is 5.92 Å². The molecule has 0 heterocycles. The lowest BCUT2D eigenvalue weighted by Crippen LogP contribution is -2.02. The highest BCUT2D eigenvalue weighted by molar-refractivity contribution is 6.10. The number of rotatable bonds is 8. The van der Waals surface area contributed by atoms with Crippen LogP contribution in [0.15, 0.2) is 48.5 Å². The first kappa shape index (κ1) is 17.1. The van der Waals surface area contributed by atoms with E-state index < -0.39 is 0 Å². The Bertz CT molecular complexity index is 633. The topological polar surface area (TPSA) is 46.5 Å². The van der Waals surface area contributed by atoms with E-state index in [-0.39, 0.29) is 11.5 Å². The summed E-state index contributed by atoms with van der Waals surface area (Å²) in [6, 6.07) is 13.8. The number of carbonyl (C=O) groups is 1. The van der Waals surface area contributed by atoms with Crippen LogP contribution in [0.25, 0.3) is 0 Å². The average Bonchev–Trinajstić information content (AvgIpc) is 2.54. The van der Waals surface area contributed by atoms with Crippen molar-refractivity contribution >= 4 is 5.78 Å². The minimum Gasteiger partial charge on any atom is -0.507 e. The van der Waals surface area contributed by atoms with Gasteiger partial charge in [-0.3, -0.25) is 4.79 Å². The van der Waals surface area contributed by atoms with Crippen LogP contribution in [0.2, 0.25) is 0 Å². The van der Waals surface area contributed by atoms with Crippen molar-refractivity contribution in [2.75, 3.05) is 6.61 Å². The van der Waals surface area contributed by atoms with Crippen molar-refractivity contribution in [1.29, 1.82) is 0 Å². The third kappa shape index (κ3) is 5.13. The second kappa shape index (κ2) is 8.37. The molecule has 0 aromatic heterocycles. The van der Waals surface area contributed by atoms with Gasteiger partial charge in [0.2, 0.25) is 0 Å². The molecule has 1 N–H and O–H groups in total. The zero-order chi connectivity index (χ0) is 16.7. The second-order valence-corrected chi connectivity index (χ2v) is 6.11. The molecule has 122 valence electrons. The minimum atomic E-state index is -0.188. The molecule has 0 bridgehead atoms. The first-order valence-electron chi connectivity index (χ1n) is 8.13. The molecule has 0 unspecified atom stereocenters. The van der Waals surface area contributed by atoms with Gasteiger partial charge in [-0.05, 0) is 30.9 Å². The lowest BCUT2D eigenvalue weighted by Gasteiger charge is -2.09. The second-order valence-electron chi connectivity index (χ2n) is 6.11. The first-order valence-corrected chi connectivity index (χ1v) is 8.13. The zero-order valence-electron chi connectivity index (χ0n) is 13.8. The van der Waals surface area contributed by atoms with Crippen LogP contribution >= 0.6 is 0 Å². The maximum Gasteiger partial charge on any atom is 0.196 e. The van der Waals surface area contributed by atoms with E-state index in [1.807, 2.05) is 6.07 Å². The summed E-state index contributed by atoms with van der Waals surface area (Å²) < 4.78 is 5.64. The predicted octanol–water partition coefficient (Wildman–Crippen LogP) is 4.83. The summed E-state index contributed by atoms with van der Waals surface area (Å²) in [7, 11) is 0. The van der Waals surface area contributed by atoms with Gasteiger partial charge in [0, 0.05) is 11.6 Å². The molecule has 0 saturated heterocycles. The van der Waals surface area contributed by atoms with Crippen molar-refractivity contribution in [2.24, 2.45) is 5.92 Å². The molecule has 0 saturated carbocycles. The average molecular weight is 312 g/mol. The molecule has 3 heteroatoms. The number of carbonyl (C=O) groups excluding carboxylic acids is 1. The van der Waals surface area contributed by atoms with Crippen LogP contribution in [0.1, 0.15) is 49.0 Å². The van der Waals surface area contributed by atoms with Gasteiger partial charge in [0.05, 0.1) is 12.2 Å². The highest BCUT2D eigenvalue weighted by Gasteiger charge is 2.13. The number of hydrogen-bond donors (Lipinski definition) is 1. The summed E-state index contributed by atoms with van der Waals surface area (Å²) in [5.41, 5.74) is 0.855. The number of ketones is 1. The smallest absolute Gasteiger partial charge is 0.196 e. The number of benzene rings is 2. The van der Waals surface area contributed by atoms with E-state index in [1.165, 1.54) is 12.5 Å².